The maximum atomic E-state index is 12.0. The van der Waals surface area contributed by atoms with Gasteiger partial charge in [-0.3, -0.25) is 4.90 Å². The van der Waals surface area contributed by atoms with Crippen molar-refractivity contribution < 1.29 is 8.42 Å². The largest absolute Gasteiger partial charge is 0.329 e. The highest BCUT2D eigenvalue weighted by Gasteiger charge is 2.49. The van der Waals surface area contributed by atoms with Crippen molar-refractivity contribution in [2.45, 2.75) is 36.5 Å². The minimum Gasteiger partial charge on any atom is -0.329 e. The third-order valence-corrected chi connectivity index (χ3v) is 6.55. The van der Waals surface area contributed by atoms with E-state index in [1.165, 1.54) is 6.26 Å². The summed E-state index contributed by atoms with van der Waals surface area (Å²) in [7, 11) is -1.00. The molecule has 1 fully saturated rings. The first-order valence-corrected chi connectivity index (χ1v) is 9.82. The van der Waals surface area contributed by atoms with Crippen LogP contribution in [-0.4, -0.2) is 62.5 Å². The summed E-state index contributed by atoms with van der Waals surface area (Å²) in [6.07, 6.45) is 7.13. The maximum Gasteiger partial charge on any atom is 0.152 e. The molecule has 2 N–H and O–H groups in total. The smallest absolute Gasteiger partial charge is 0.152 e. The molecule has 1 saturated carbocycles. The van der Waals surface area contributed by atoms with Crippen LogP contribution in [0.15, 0.2) is 0 Å². The Morgan fingerprint density at radius 2 is 2.17 bits per heavy atom. The minimum atomic E-state index is -3.02. The van der Waals surface area contributed by atoms with Crippen LogP contribution in [-0.2, 0) is 9.84 Å². The van der Waals surface area contributed by atoms with Crippen molar-refractivity contribution in [2.24, 2.45) is 5.73 Å². The number of rotatable bonds is 7. The number of likely N-dealkylation sites (N-methyl/N-ethyl adjacent to an activating group) is 1. The Morgan fingerprint density at radius 3 is 2.67 bits per heavy atom. The molecule has 0 amide bonds. The van der Waals surface area contributed by atoms with E-state index in [0.717, 1.165) is 38.0 Å². The van der Waals surface area contributed by atoms with Gasteiger partial charge in [0.1, 0.15) is 0 Å². The van der Waals surface area contributed by atoms with E-state index in [9.17, 15) is 8.42 Å². The molecular formula is C12H26N2O2S2. The topological polar surface area (TPSA) is 63.4 Å². The van der Waals surface area contributed by atoms with Crippen LogP contribution in [0.2, 0.25) is 0 Å². The van der Waals surface area contributed by atoms with Crippen molar-refractivity contribution in [1.29, 1.82) is 0 Å². The Bertz CT molecular complexity index is 359. The second-order valence-corrected chi connectivity index (χ2v) is 8.50. The van der Waals surface area contributed by atoms with Gasteiger partial charge in [0.15, 0.2) is 9.84 Å². The van der Waals surface area contributed by atoms with Crippen LogP contribution in [0, 0.1) is 0 Å². The van der Waals surface area contributed by atoms with Gasteiger partial charge in [0.05, 0.1) is 5.25 Å². The van der Waals surface area contributed by atoms with Gasteiger partial charge in [-0.1, -0.05) is 6.42 Å². The van der Waals surface area contributed by atoms with Crippen molar-refractivity contribution in [3.63, 3.8) is 0 Å². The standard InChI is InChI=1S/C12H26N2O2S2/c1-14(8-5-9-17-2)12(10-13)7-4-6-11(12)18(3,15)16/h11H,4-10,13H2,1-3H3. The van der Waals surface area contributed by atoms with Crippen LogP contribution in [0.1, 0.15) is 25.7 Å². The van der Waals surface area contributed by atoms with E-state index < -0.39 is 9.84 Å². The highest BCUT2D eigenvalue weighted by molar-refractivity contribution is 7.98. The SMILES string of the molecule is CSCCCN(C)C1(CN)CCCC1S(C)(=O)=O. The summed E-state index contributed by atoms with van der Waals surface area (Å²) in [4.78, 5) is 2.20. The Balaban J connectivity index is 2.83. The molecular weight excluding hydrogens is 268 g/mol. The molecule has 18 heavy (non-hydrogen) atoms. The molecule has 0 aliphatic heterocycles. The predicted octanol–water partition coefficient (Wildman–Crippen LogP) is 0.966. The highest BCUT2D eigenvalue weighted by Crippen LogP contribution is 2.38. The molecule has 1 aliphatic rings. The van der Waals surface area contributed by atoms with E-state index in [1.807, 2.05) is 18.8 Å². The number of nitrogens with two attached hydrogens (primary N) is 1. The van der Waals surface area contributed by atoms with E-state index in [4.69, 9.17) is 5.73 Å². The van der Waals surface area contributed by atoms with Gasteiger partial charge in [0, 0.05) is 18.3 Å². The molecule has 108 valence electrons. The monoisotopic (exact) mass is 294 g/mol. The first-order chi connectivity index (χ1) is 8.38. The van der Waals surface area contributed by atoms with Gasteiger partial charge in [-0.05, 0) is 44.9 Å². The van der Waals surface area contributed by atoms with Crippen molar-refractivity contribution in [2.75, 3.05) is 38.4 Å². The molecule has 0 aromatic carbocycles. The quantitative estimate of drug-likeness (QED) is 0.709. The fourth-order valence-corrected chi connectivity index (χ4v) is 5.33. The summed E-state index contributed by atoms with van der Waals surface area (Å²) >= 11 is 1.82. The van der Waals surface area contributed by atoms with Crippen molar-refractivity contribution in [3.05, 3.63) is 0 Å². The zero-order valence-electron chi connectivity index (χ0n) is 11.7. The summed E-state index contributed by atoms with van der Waals surface area (Å²) in [6, 6.07) is 0. The third kappa shape index (κ3) is 3.40. The Kier molecular flexibility index (Phi) is 5.96. The van der Waals surface area contributed by atoms with Gasteiger partial charge in [0.25, 0.3) is 0 Å². The minimum absolute atomic E-state index is 0.297. The molecule has 0 heterocycles. The molecule has 2 unspecified atom stereocenters. The molecule has 4 nitrogen and oxygen atoms in total. The molecule has 2 atom stereocenters. The predicted molar refractivity (Wildman–Crippen MR) is 79.9 cm³/mol. The first-order valence-electron chi connectivity index (χ1n) is 6.47. The highest BCUT2D eigenvalue weighted by atomic mass is 32.2. The molecule has 0 saturated heterocycles. The van der Waals surface area contributed by atoms with Gasteiger partial charge >= 0.3 is 0 Å². The number of nitrogens with zero attached hydrogens (tertiary/aromatic N) is 1. The van der Waals surface area contributed by atoms with Crippen LogP contribution in [0.5, 0.6) is 0 Å². The zero-order chi connectivity index (χ0) is 13.8. The Hall–Kier alpha value is 0.220. The first kappa shape index (κ1) is 16.3. The summed E-state index contributed by atoms with van der Waals surface area (Å²) in [5.74, 6) is 1.11. The van der Waals surface area contributed by atoms with Crippen LogP contribution < -0.4 is 5.73 Å². The number of hydrogen-bond acceptors (Lipinski definition) is 5. The molecule has 0 spiro atoms. The lowest BCUT2D eigenvalue weighted by molar-refractivity contribution is 0.135. The number of sulfone groups is 1. The van der Waals surface area contributed by atoms with Gasteiger partial charge < -0.3 is 5.73 Å². The molecule has 0 radical (unpaired) electrons. The van der Waals surface area contributed by atoms with Crippen molar-refractivity contribution in [3.8, 4) is 0 Å². The van der Waals surface area contributed by atoms with Crippen LogP contribution >= 0.6 is 11.8 Å². The summed E-state index contributed by atoms with van der Waals surface area (Å²) in [5, 5.41) is -0.297. The molecule has 1 aliphatic carbocycles. The van der Waals surface area contributed by atoms with Crippen LogP contribution in [0.3, 0.4) is 0 Å². The van der Waals surface area contributed by atoms with Crippen molar-refractivity contribution >= 4 is 21.6 Å². The molecule has 0 aromatic heterocycles. The number of thioether (sulfide) groups is 1. The Morgan fingerprint density at radius 1 is 1.50 bits per heavy atom. The van der Waals surface area contributed by atoms with Gasteiger partial charge in [-0.25, -0.2) is 8.42 Å². The molecule has 0 aromatic rings. The molecule has 6 heteroatoms. The van der Waals surface area contributed by atoms with E-state index in [0.29, 0.717) is 6.54 Å². The second kappa shape index (κ2) is 6.59. The third-order valence-electron chi connectivity index (χ3n) is 4.15. The lowest BCUT2D eigenvalue weighted by Gasteiger charge is -2.42. The van der Waals surface area contributed by atoms with E-state index in [1.54, 1.807) is 0 Å². The lowest BCUT2D eigenvalue weighted by Crippen LogP contribution is -2.59. The second-order valence-electron chi connectivity index (χ2n) is 5.29. The summed E-state index contributed by atoms with van der Waals surface area (Å²) < 4.78 is 23.9. The zero-order valence-corrected chi connectivity index (χ0v) is 13.3. The summed E-state index contributed by atoms with van der Waals surface area (Å²) in [5.41, 5.74) is 5.61. The van der Waals surface area contributed by atoms with E-state index >= 15 is 0 Å². The van der Waals surface area contributed by atoms with Gasteiger partial charge in [-0.15, -0.1) is 0 Å². The lowest BCUT2D eigenvalue weighted by atomic mass is 9.95. The average molecular weight is 294 g/mol. The van der Waals surface area contributed by atoms with Crippen LogP contribution in [0.25, 0.3) is 0 Å². The van der Waals surface area contributed by atoms with Gasteiger partial charge in [0.2, 0.25) is 0 Å². The average Bonchev–Trinajstić information content (AvgIpc) is 2.74. The maximum absolute atomic E-state index is 12.0. The molecule has 0 bridgehead atoms. The Labute approximate surface area is 116 Å². The van der Waals surface area contributed by atoms with E-state index in [2.05, 4.69) is 11.2 Å². The van der Waals surface area contributed by atoms with Crippen molar-refractivity contribution in [1.82, 2.24) is 4.90 Å². The normalized spacial score (nSPS) is 29.1. The fourth-order valence-electron chi connectivity index (χ4n) is 3.13. The van der Waals surface area contributed by atoms with Gasteiger partial charge in [-0.2, -0.15) is 11.8 Å². The van der Waals surface area contributed by atoms with Crippen LogP contribution in [0.4, 0.5) is 0 Å². The van der Waals surface area contributed by atoms with E-state index in [-0.39, 0.29) is 10.8 Å². The summed E-state index contributed by atoms with van der Waals surface area (Å²) in [6.45, 7) is 1.35. The fraction of sp³-hybridized carbons (Fsp3) is 1.00. The number of hydrogen-bond donors (Lipinski definition) is 1. The molecule has 1 rings (SSSR count).